The molecule has 2 aliphatic rings. The van der Waals surface area contributed by atoms with Crippen LogP contribution in [0.2, 0.25) is 10.0 Å². The van der Waals surface area contributed by atoms with Gasteiger partial charge in [-0.2, -0.15) is 0 Å². The lowest BCUT2D eigenvalue weighted by molar-refractivity contribution is 0.258. The molecule has 0 atom stereocenters. The topological polar surface area (TPSA) is 78.7 Å². The van der Waals surface area contributed by atoms with Crippen molar-refractivity contribution < 1.29 is 0 Å². The van der Waals surface area contributed by atoms with Crippen molar-refractivity contribution in [1.29, 1.82) is 0 Å². The number of nitrogens with zero attached hydrogens (tertiary/aromatic N) is 2. The highest BCUT2D eigenvalue weighted by atomic mass is 35.5. The second-order valence-corrected chi connectivity index (χ2v) is 11.3. The molecule has 0 aromatic heterocycles. The fraction of sp³-hybridized carbons (Fsp3) is 0.786. The van der Waals surface area contributed by atoms with Crippen LogP contribution in [0, 0.1) is 0 Å². The Morgan fingerprint density at radius 1 is 0.447 bits per heavy atom. The van der Waals surface area contributed by atoms with E-state index >= 15 is 0 Å². The van der Waals surface area contributed by atoms with Crippen LogP contribution >= 0.6 is 23.2 Å². The van der Waals surface area contributed by atoms with Gasteiger partial charge in [-0.15, -0.1) is 0 Å². The molecule has 1 aromatic rings. The summed E-state index contributed by atoms with van der Waals surface area (Å²) in [6, 6.07) is 4.21. The number of nitrogens with one attached hydrogen (secondary N) is 6. The Kier molecular flexibility index (Phi) is 17.2. The molecule has 0 saturated carbocycles. The van der Waals surface area contributed by atoms with Crippen molar-refractivity contribution in [2.24, 2.45) is 0 Å². The number of hydrogen-bond acceptors (Lipinski definition) is 8. The van der Waals surface area contributed by atoms with Crippen molar-refractivity contribution in [3.05, 3.63) is 33.3 Å². The van der Waals surface area contributed by atoms with Gasteiger partial charge in [0.15, 0.2) is 0 Å². The van der Waals surface area contributed by atoms with Gasteiger partial charge in [0, 0.05) is 75.5 Å². The number of benzene rings is 1. The van der Waals surface area contributed by atoms with Crippen LogP contribution in [0.1, 0.15) is 36.8 Å². The summed E-state index contributed by atoms with van der Waals surface area (Å²) in [5.41, 5.74) is 2.24. The molecule has 0 radical (unpaired) electrons. The minimum absolute atomic E-state index is 0.825. The molecule has 2 saturated heterocycles. The van der Waals surface area contributed by atoms with Gasteiger partial charge in [-0.05, 0) is 101 Å². The number of hydrogen-bond donors (Lipinski definition) is 6. The molecule has 2 heterocycles. The van der Waals surface area contributed by atoms with Gasteiger partial charge in [-0.3, -0.25) is 9.80 Å². The molecular weight excluding hydrogens is 519 g/mol. The Morgan fingerprint density at radius 2 is 0.789 bits per heavy atom. The fourth-order valence-corrected chi connectivity index (χ4v) is 5.50. The fourth-order valence-electron chi connectivity index (χ4n) is 5.00. The average Bonchev–Trinajstić information content (AvgIpc) is 2.91. The van der Waals surface area contributed by atoms with Gasteiger partial charge in [-0.1, -0.05) is 23.2 Å². The van der Waals surface area contributed by atoms with Crippen molar-refractivity contribution in [3.63, 3.8) is 0 Å². The van der Waals surface area contributed by atoms with Gasteiger partial charge in [0.25, 0.3) is 0 Å². The summed E-state index contributed by atoms with van der Waals surface area (Å²) < 4.78 is 0. The second-order valence-electron chi connectivity index (χ2n) is 10.5. The standard InChI is InChI=1S/C28H52Cl2N8/c29-27-22-26(24-38-18-4-10-32-6-2-8-34-12-14-36-16-20-38)28(30)21-25(27)23-37-17-3-9-31-5-1-7-33-11-13-35-15-19-37/h21-22,31-36H,1-20,23-24H2. The highest BCUT2D eigenvalue weighted by Gasteiger charge is 2.15. The van der Waals surface area contributed by atoms with E-state index in [1.807, 2.05) is 0 Å². The van der Waals surface area contributed by atoms with E-state index in [1.165, 1.54) is 12.8 Å². The van der Waals surface area contributed by atoms with Crippen LogP contribution in [-0.4, -0.2) is 115 Å². The molecule has 6 N–H and O–H groups in total. The third kappa shape index (κ3) is 13.7. The van der Waals surface area contributed by atoms with Gasteiger partial charge in [0.1, 0.15) is 0 Å². The Hall–Kier alpha value is -0.520. The molecule has 38 heavy (non-hydrogen) atoms. The summed E-state index contributed by atoms with van der Waals surface area (Å²) in [5, 5.41) is 22.9. The highest BCUT2D eigenvalue weighted by molar-refractivity contribution is 6.34. The summed E-state index contributed by atoms with van der Waals surface area (Å²) in [5.74, 6) is 0. The van der Waals surface area contributed by atoms with E-state index in [2.05, 4.69) is 53.8 Å². The van der Waals surface area contributed by atoms with E-state index in [0.29, 0.717) is 0 Å². The first-order chi connectivity index (χ1) is 18.7. The number of rotatable bonds is 4. The maximum absolute atomic E-state index is 6.87. The average molecular weight is 572 g/mol. The van der Waals surface area contributed by atoms with E-state index in [9.17, 15) is 0 Å². The summed E-state index contributed by atoms with van der Waals surface area (Å²) in [7, 11) is 0. The maximum Gasteiger partial charge on any atom is 0.0455 e. The largest absolute Gasteiger partial charge is 0.317 e. The number of halogens is 2. The molecule has 8 nitrogen and oxygen atoms in total. The molecule has 0 unspecified atom stereocenters. The highest BCUT2D eigenvalue weighted by Crippen LogP contribution is 2.27. The van der Waals surface area contributed by atoms with Gasteiger partial charge in [-0.25, -0.2) is 0 Å². The lowest BCUT2D eigenvalue weighted by Gasteiger charge is -2.26. The van der Waals surface area contributed by atoms with Crippen molar-refractivity contribution in [2.75, 3.05) is 105 Å². The molecule has 1 aromatic carbocycles. The third-order valence-corrected chi connectivity index (χ3v) is 7.94. The van der Waals surface area contributed by atoms with Crippen LogP contribution in [0.25, 0.3) is 0 Å². The smallest absolute Gasteiger partial charge is 0.0455 e. The maximum atomic E-state index is 6.87. The lowest BCUT2D eigenvalue weighted by atomic mass is 10.1. The second kappa shape index (κ2) is 20.4. The zero-order chi connectivity index (χ0) is 26.7. The quantitative estimate of drug-likeness (QED) is 0.327. The Labute approximate surface area is 241 Å². The van der Waals surface area contributed by atoms with Crippen LogP contribution < -0.4 is 31.9 Å². The normalized spacial score (nSPS) is 22.4. The lowest BCUT2D eigenvalue weighted by Crippen LogP contribution is -2.37. The van der Waals surface area contributed by atoms with Crippen LogP contribution in [0.3, 0.4) is 0 Å². The van der Waals surface area contributed by atoms with Crippen molar-refractivity contribution in [2.45, 2.75) is 38.8 Å². The molecule has 2 fully saturated rings. The zero-order valence-electron chi connectivity index (χ0n) is 23.4. The van der Waals surface area contributed by atoms with Crippen LogP contribution in [-0.2, 0) is 13.1 Å². The SMILES string of the molecule is Clc1cc(CN2CCCNCCCNCCNCC2)c(Cl)cc1CN1CCCNCCCNCCNCC1. The monoisotopic (exact) mass is 570 g/mol. The molecule has 10 heteroatoms. The summed E-state index contributed by atoms with van der Waals surface area (Å²) in [6.45, 7) is 18.2. The molecule has 0 bridgehead atoms. The predicted octanol–water partition coefficient (Wildman–Crippen LogP) is 1.72. The van der Waals surface area contributed by atoms with Gasteiger partial charge < -0.3 is 31.9 Å². The van der Waals surface area contributed by atoms with Gasteiger partial charge >= 0.3 is 0 Å². The first-order valence-corrected chi connectivity index (χ1v) is 15.6. The molecular formula is C28H52Cl2N8. The van der Waals surface area contributed by atoms with Crippen LogP contribution in [0.15, 0.2) is 12.1 Å². The molecule has 218 valence electrons. The zero-order valence-corrected chi connectivity index (χ0v) is 24.9. The van der Waals surface area contributed by atoms with E-state index in [4.69, 9.17) is 23.2 Å². The minimum atomic E-state index is 0.825. The van der Waals surface area contributed by atoms with Crippen LogP contribution in [0.5, 0.6) is 0 Å². The van der Waals surface area contributed by atoms with Crippen LogP contribution in [0.4, 0.5) is 0 Å². The van der Waals surface area contributed by atoms with E-state index in [1.54, 1.807) is 0 Å². The Bertz CT molecular complexity index is 664. The summed E-state index contributed by atoms with van der Waals surface area (Å²) in [6.07, 6.45) is 4.61. The first kappa shape index (κ1) is 32.0. The molecule has 0 spiro atoms. The van der Waals surface area contributed by atoms with E-state index in [-0.39, 0.29) is 0 Å². The Morgan fingerprint density at radius 3 is 1.21 bits per heavy atom. The van der Waals surface area contributed by atoms with Crippen molar-refractivity contribution in [1.82, 2.24) is 41.7 Å². The van der Waals surface area contributed by atoms with Crippen molar-refractivity contribution >= 4 is 23.2 Å². The molecule has 2 aliphatic heterocycles. The molecule has 0 amide bonds. The third-order valence-electron chi connectivity index (χ3n) is 7.24. The van der Waals surface area contributed by atoms with E-state index < -0.39 is 0 Å². The minimum Gasteiger partial charge on any atom is -0.317 e. The van der Waals surface area contributed by atoms with Crippen molar-refractivity contribution in [3.8, 4) is 0 Å². The van der Waals surface area contributed by atoms with Gasteiger partial charge in [0.2, 0.25) is 0 Å². The molecule has 0 aliphatic carbocycles. The summed E-state index contributed by atoms with van der Waals surface area (Å²) >= 11 is 13.7. The van der Waals surface area contributed by atoms with E-state index in [0.717, 1.165) is 152 Å². The van der Waals surface area contributed by atoms with Gasteiger partial charge in [0.05, 0.1) is 0 Å². The first-order valence-electron chi connectivity index (χ1n) is 14.9. The predicted molar refractivity (Wildman–Crippen MR) is 163 cm³/mol. The molecule has 3 rings (SSSR count). The Balaban J connectivity index is 1.56. The summed E-state index contributed by atoms with van der Waals surface area (Å²) in [4.78, 5) is 5.00.